The van der Waals surface area contributed by atoms with E-state index in [2.05, 4.69) is 15.5 Å². The van der Waals surface area contributed by atoms with Gasteiger partial charge in [-0.05, 0) is 45.7 Å². The first-order valence-electron chi connectivity index (χ1n) is 11.9. The number of carbonyl (C=O) groups is 1. The Balaban J connectivity index is 1.53. The Kier molecular flexibility index (Phi) is 5.92. The van der Waals surface area contributed by atoms with Gasteiger partial charge in [0.25, 0.3) is 0 Å². The molecule has 4 heterocycles. The van der Waals surface area contributed by atoms with Crippen LogP contribution in [0.1, 0.15) is 45.2 Å². The first-order valence-corrected chi connectivity index (χ1v) is 11.9. The van der Waals surface area contributed by atoms with Crippen LogP contribution in [0.2, 0.25) is 0 Å². The summed E-state index contributed by atoms with van der Waals surface area (Å²) in [4.78, 5) is 19.6. The number of hydrogen-bond donors (Lipinski definition) is 1. The summed E-state index contributed by atoms with van der Waals surface area (Å²) in [6.07, 6.45) is 7.18. The van der Waals surface area contributed by atoms with Gasteiger partial charge in [0.05, 0.1) is 18.1 Å². The van der Waals surface area contributed by atoms with Gasteiger partial charge in [0.1, 0.15) is 11.4 Å². The predicted octanol–water partition coefficient (Wildman–Crippen LogP) is 4.99. The van der Waals surface area contributed by atoms with E-state index in [1.165, 1.54) is 0 Å². The summed E-state index contributed by atoms with van der Waals surface area (Å²) in [6.45, 7) is 6.93. The number of aryl methyl sites for hydroxylation is 1. The molecule has 0 spiro atoms. The van der Waals surface area contributed by atoms with Crippen molar-refractivity contribution < 1.29 is 9.53 Å². The molecule has 1 amide bonds. The van der Waals surface area contributed by atoms with Crippen molar-refractivity contribution in [1.29, 1.82) is 0 Å². The molecule has 5 rings (SSSR count). The number of ether oxygens (including phenoxy) is 1. The van der Waals surface area contributed by atoms with Crippen molar-refractivity contribution in [2.45, 2.75) is 45.1 Å². The Morgan fingerprint density at radius 3 is 2.66 bits per heavy atom. The Hall–Kier alpha value is -3.88. The molecule has 0 radical (unpaired) electrons. The lowest BCUT2D eigenvalue weighted by Gasteiger charge is -2.34. The summed E-state index contributed by atoms with van der Waals surface area (Å²) in [5.74, 6) is 0.912. The summed E-state index contributed by atoms with van der Waals surface area (Å²) in [5, 5.41) is 12.5. The molecule has 9 nitrogen and oxygen atoms in total. The van der Waals surface area contributed by atoms with Crippen LogP contribution in [0.3, 0.4) is 0 Å². The average Bonchev–Trinajstić information content (AvgIpc) is 3.45. The number of nitrogens with one attached hydrogen (secondary N) is 1. The minimum atomic E-state index is -0.524. The highest BCUT2D eigenvalue weighted by Gasteiger charge is 2.30. The molecule has 1 aliphatic heterocycles. The molecule has 3 aromatic heterocycles. The maximum atomic E-state index is 12.8. The maximum Gasteiger partial charge on any atom is 0.410 e. The first-order chi connectivity index (χ1) is 16.8. The fourth-order valence-corrected chi connectivity index (χ4v) is 4.42. The Labute approximate surface area is 204 Å². The van der Waals surface area contributed by atoms with Gasteiger partial charge in [-0.2, -0.15) is 14.7 Å². The standard InChI is InChI=1S/C26H31N7O2/c1-26(2,3)35-25(34)32-12-8-9-18(17-32)22-13-23(29-20-10-6-5-7-11-20)33-24(30-22)21(15-28-33)19-14-27-31(4)16-19/h5-7,10-11,13-16,18,29H,8-9,12,17H2,1-4H3. The van der Waals surface area contributed by atoms with E-state index in [1.807, 2.05) is 87.3 Å². The molecule has 1 saturated heterocycles. The van der Waals surface area contributed by atoms with Gasteiger partial charge in [-0.15, -0.1) is 0 Å². The van der Waals surface area contributed by atoms with Crippen LogP contribution in [-0.2, 0) is 11.8 Å². The molecule has 35 heavy (non-hydrogen) atoms. The number of fused-ring (bicyclic) bond motifs is 1. The lowest BCUT2D eigenvalue weighted by Crippen LogP contribution is -2.42. The van der Waals surface area contributed by atoms with Crippen LogP contribution in [0.15, 0.2) is 55.0 Å². The molecule has 1 fully saturated rings. The fourth-order valence-electron chi connectivity index (χ4n) is 4.42. The fraction of sp³-hybridized carbons (Fsp3) is 0.385. The van der Waals surface area contributed by atoms with Crippen molar-refractivity contribution in [3.63, 3.8) is 0 Å². The second-order valence-electron chi connectivity index (χ2n) is 10.0. The molecule has 4 aromatic rings. The van der Waals surface area contributed by atoms with E-state index in [4.69, 9.17) is 9.72 Å². The normalized spacial score (nSPS) is 16.5. The van der Waals surface area contributed by atoms with Crippen LogP contribution in [0.5, 0.6) is 0 Å². The van der Waals surface area contributed by atoms with Crippen LogP contribution < -0.4 is 5.32 Å². The largest absolute Gasteiger partial charge is 0.444 e. The average molecular weight is 474 g/mol. The number of aromatic nitrogens is 5. The van der Waals surface area contributed by atoms with Crippen molar-refractivity contribution in [3.05, 3.63) is 60.7 Å². The summed E-state index contributed by atoms with van der Waals surface area (Å²) in [5.41, 5.74) is 3.98. The number of rotatable bonds is 4. The smallest absolute Gasteiger partial charge is 0.410 e. The third-order valence-electron chi connectivity index (χ3n) is 6.05. The summed E-state index contributed by atoms with van der Waals surface area (Å²) < 4.78 is 9.23. The molecule has 1 atom stereocenters. The molecular weight excluding hydrogens is 442 g/mol. The van der Waals surface area contributed by atoms with Gasteiger partial charge in [-0.25, -0.2) is 9.78 Å². The summed E-state index contributed by atoms with van der Waals surface area (Å²) in [7, 11) is 1.89. The molecule has 0 saturated carbocycles. The number of piperidine rings is 1. The predicted molar refractivity (Wildman–Crippen MR) is 135 cm³/mol. The van der Waals surface area contributed by atoms with Crippen molar-refractivity contribution in [3.8, 4) is 11.1 Å². The molecule has 0 aliphatic carbocycles. The van der Waals surface area contributed by atoms with E-state index >= 15 is 0 Å². The van der Waals surface area contributed by atoms with E-state index in [1.54, 1.807) is 9.58 Å². The second kappa shape index (κ2) is 9.05. The van der Waals surface area contributed by atoms with Crippen LogP contribution in [0.25, 0.3) is 16.8 Å². The van der Waals surface area contributed by atoms with Gasteiger partial charge in [0.2, 0.25) is 0 Å². The Morgan fingerprint density at radius 2 is 1.94 bits per heavy atom. The van der Waals surface area contributed by atoms with Gasteiger partial charge in [0, 0.05) is 55.1 Å². The van der Waals surface area contributed by atoms with Gasteiger partial charge in [-0.1, -0.05) is 18.2 Å². The lowest BCUT2D eigenvalue weighted by molar-refractivity contribution is 0.0197. The number of carbonyl (C=O) groups excluding carboxylic acids is 1. The zero-order valence-corrected chi connectivity index (χ0v) is 20.6. The van der Waals surface area contributed by atoms with Crippen molar-refractivity contribution in [2.24, 2.45) is 7.05 Å². The molecule has 1 unspecified atom stereocenters. The number of para-hydroxylation sites is 1. The van der Waals surface area contributed by atoms with Crippen molar-refractivity contribution in [2.75, 3.05) is 18.4 Å². The van der Waals surface area contributed by atoms with Gasteiger partial charge >= 0.3 is 6.09 Å². The van der Waals surface area contributed by atoms with E-state index in [0.29, 0.717) is 13.1 Å². The summed E-state index contributed by atoms with van der Waals surface area (Å²) >= 11 is 0. The number of likely N-dealkylation sites (tertiary alicyclic amines) is 1. The van der Waals surface area contributed by atoms with E-state index in [9.17, 15) is 4.79 Å². The molecule has 0 bridgehead atoms. The lowest BCUT2D eigenvalue weighted by atomic mass is 9.94. The Bertz CT molecular complexity index is 1340. The number of anilines is 2. The SMILES string of the molecule is Cn1cc(-c2cnn3c(Nc4ccccc4)cc(C4CCCN(C(=O)OC(C)(C)C)C4)nc23)cn1. The van der Waals surface area contributed by atoms with E-state index in [-0.39, 0.29) is 12.0 Å². The number of amides is 1. The van der Waals surface area contributed by atoms with E-state index < -0.39 is 5.60 Å². The first kappa shape index (κ1) is 22.9. The molecular formula is C26H31N7O2. The highest BCUT2D eigenvalue weighted by molar-refractivity contribution is 5.78. The highest BCUT2D eigenvalue weighted by atomic mass is 16.6. The van der Waals surface area contributed by atoms with Crippen molar-refractivity contribution in [1.82, 2.24) is 29.3 Å². The summed E-state index contributed by atoms with van der Waals surface area (Å²) in [6, 6.07) is 12.0. The third-order valence-corrected chi connectivity index (χ3v) is 6.05. The number of benzene rings is 1. The van der Waals surface area contributed by atoms with Crippen molar-refractivity contribution >= 4 is 23.2 Å². The zero-order chi connectivity index (χ0) is 24.6. The van der Waals surface area contributed by atoms with E-state index in [0.717, 1.165) is 46.8 Å². The molecule has 182 valence electrons. The third kappa shape index (κ3) is 4.99. The van der Waals surface area contributed by atoms with Crippen LogP contribution in [0.4, 0.5) is 16.3 Å². The molecule has 1 aliphatic rings. The Morgan fingerprint density at radius 1 is 1.14 bits per heavy atom. The molecule has 1 aromatic carbocycles. The second-order valence-corrected chi connectivity index (χ2v) is 10.0. The van der Waals surface area contributed by atoms with Crippen LogP contribution in [0, 0.1) is 0 Å². The van der Waals surface area contributed by atoms with Gasteiger partial charge < -0.3 is 15.0 Å². The topological polar surface area (TPSA) is 89.6 Å². The van der Waals surface area contributed by atoms with Gasteiger partial charge in [-0.3, -0.25) is 4.68 Å². The molecule has 9 heteroatoms. The van der Waals surface area contributed by atoms with Crippen LogP contribution in [-0.4, -0.2) is 54.1 Å². The maximum absolute atomic E-state index is 12.8. The number of hydrogen-bond acceptors (Lipinski definition) is 6. The minimum absolute atomic E-state index is 0.0919. The minimum Gasteiger partial charge on any atom is -0.444 e. The van der Waals surface area contributed by atoms with Gasteiger partial charge in [0.15, 0.2) is 5.65 Å². The monoisotopic (exact) mass is 473 g/mol. The number of nitrogens with zero attached hydrogens (tertiary/aromatic N) is 6. The quantitative estimate of drug-likeness (QED) is 0.449. The highest BCUT2D eigenvalue weighted by Crippen LogP contribution is 2.32. The molecule has 1 N–H and O–H groups in total. The van der Waals surface area contributed by atoms with Crippen LogP contribution >= 0.6 is 0 Å². The zero-order valence-electron chi connectivity index (χ0n) is 20.6.